The van der Waals surface area contributed by atoms with Crippen molar-refractivity contribution in [2.75, 3.05) is 6.61 Å². The molecular formula is C10H13NO5. The van der Waals surface area contributed by atoms with E-state index in [-0.39, 0.29) is 13.0 Å². The number of hydrogen-bond acceptors (Lipinski definition) is 4. The first-order valence-corrected chi connectivity index (χ1v) is 4.75. The highest BCUT2D eigenvalue weighted by Gasteiger charge is 2.21. The third-order valence-electron chi connectivity index (χ3n) is 2.12. The van der Waals surface area contributed by atoms with E-state index in [0.29, 0.717) is 11.3 Å². The van der Waals surface area contributed by atoms with Crippen molar-refractivity contribution in [3.8, 4) is 0 Å². The topological polar surface area (TPSA) is 99.8 Å². The average molecular weight is 227 g/mol. The van der Waals surface area contributed by atoms with Crippen LogP contribution >= 0.6 is 0 Å². The van der Waals surface area contributed by atoms with Crippen LogP contribution in [0.1, 0.15) is 22.5 Å². The van der Waals surface area contributed by atoms with E-state index < -0.39 is 17.9 Å². The van der Waals surface area contributed by atoms with Gasteiger partial charge in [-0.1, -0.05) is 0 Å². The summed E-state index contributed by atoms with van der Waals surface area (Å²) in [5.74, 6) is -1.28. The summed E-state index contributed by atoms with van der Waals surface area (Å²) in [4.78, 5) is 22.3. The molecule has 0 saturated heterocycles. The molecule has 0 aliphatic heterocycles. The first kappa shape index (κ1) is 12.3. The molecule has 1 atom stereocenters. The van der Waals surface area contributed by atoms with Crippen molar-refractivity contribution in [1.82, 2.24) is 5.32 Å². The first-order chi connectivity index (χ1) is 7.56. The van der Waals surface area contributed by atoms with Crippen molar-refractivity contribution in [1.29, 1.82) is 0 Å². The Bertz CT molecular complexity index is 384. The molecular weight excluding hydrogens is 214 g/mol. The number of amides is 1. The number of carbonyl (C=O) groups excluding carboxylic acids is 1. The average Bonchev–Trinajstić information content (AvgIpc) is 2.63. The van der Waals surface area contributed by atoms with Crippen molar-refractivity contribution in [3.63, 3.8) is 0 Å². The van der Waals surface area contributed by atoms with E-state index in [1.54, 1.807) is 6.92 Å². The van der Waals surface area contributed by atoms with E-state index in [1.165, 1.54) is 12.3 Å². The zero-order valence-electron chi connectivity index (χ0n) is 8.77. The van der Waals surface area contributed by atoms with Crippen molar-refractivity contribution < 1.29 is 24.2 Å². The van der Waals surface area contributed by atoms with E-state index in [9.17, 15) is 9.59 Å². The maximum Gasteiger partial charge on any atom is 0.326 e. The zero-order chi connectivity index (χ0) is 12.1. The number of carboxylic acids is 1. The van der Waals surface area contributed by atoms with Crippen LogP contribution in [-0.2, 0) is 4.79 Å². The van der Waals surface area contributed by atoms with Crippen LogP contribution in [0.15, 0.2) is 16.7 Å². The summed E-state index contributed by atoms with van der Waals surface area (Å²) in [6.45, 7) is 1.30. The molecule has 0 fully saturated rings. The fourth-order valence-electron chi connectivity index (χ4n) is 1.24. The Labute approximate surface area is 91.9 Å². The van der Waals surface area contributed by atoms with Gasteiger partial charge in [-0.25, -0.2) is 4.79 Å². The number of rotatable bonds is 5. The number of aliphatic carboxylic acids is 1. The Morgan fingerprint density at radius 1 is 1.56 bits per heavy atom. The zero-order valence-corrected chi connectivity index (χ0v) is 8.77. The van der Waals surface area contributed by atoms with Gasteiger partial charge in [0, 0.05) is 13.0 Å². The van der Waals surface area contributed by atoms with Gasteiger partial charge in [-0.3, -0.25) is 4.79 Å². The van der Waals surface area contributed by atoms with Crippen molar-refractivity contribution in [3.05, 3.63) is 23.7 Å². The predicted octanol–water partition coefficient (Wildman–Crippen LogP) is 0.153. The number of furan rings is 1. The molecule has 3 N–H and O–H groups in total. The fraction of sp³-hybridized carbons (Fsp3) is 0.400. The molecule has 0 aromatic carbocycles. The Kier molecular flexibility index (Phi) is 4.07. The molecule has 0 unspecified atom stereocenters. The fourth-order valence-corrected chi connectivity index (χ4v) is 1.24. The summed E-state index contributed by atoms with van der Waals surface area (Å²) in [5.41, 5.74) is 0.296. The number of aliphatic hydroxyl groups is 1. The molecule has 1 heterocycles. The summed E-state index contributed by atoms with van der Waals surface area (Å²) in [7, 11) is 0. The predicted molar refractivity (Wildman–Crippen MR) is 54.0 cm³/mol. The SMILES string of the molecule is Cc1occc1C(=O)N[C@H](CCO)C(=O)O. The van der Waals surface area contributed by atoms with E-state index in [4.69, 9.17) is 14.6 Å². The molecule has 0 bridgehead atoms. The highest BCUT2D eigenvalue weighted by Crippen LogP contribution is 2.08. The van der Waals surface area contributed by atoms with Gasteiger partial charge in [0.2, 0.25) is 0 Å². The molecule has 6 nitrogen and oxygen atoms in total. The van der Waals surface area contributed by atoms with Crippen molar-refractivity contribution in [2.45, 2.75) is 19.4 Å². The highest BCUT2D eigenvalue weighted by molar-refractivity contribution is 5.97. The minimum Gasteiger partial charge on any atom is -0.480 e. The third-order valence-corrected chi connectivity index (χ3v) is 2.12. The largest absolute Gasteiger partial charge is 0.480 e. The summed E-state index contributed by atoms with van der Waals surface area (Å²) in [6.07, 6.45) is 1.32. The summed E-state index contributed by atoms with van der Waals surface area (Å²) < 4.78 is 4.93. The van der Waals surface area contributed by atoms with Crippen molar-refractivity contribution >= 4 is 11.9 Å². The van der Waals surface area contributed by atoms with Crippen LogP contribution in [0.25, 0.3) is 0 Å². The van der Waals surface area contributed by atoms with Crippen LogP contribution < -0.4 is 5.32 Å². The second-order valence-corrected chi connectivity index (χ2v) is 3.27. The van der Waals surface area contributed by atoms with Gasteiger partial charge in [-0.05, 0) is 13.0 Å². The molecule has 88 valence electrons. The van der Waals surface area contributed by atoms with Gasteiger partial charge in [0.1, 0.15) is 11.8 Å². The number of nitrogens with one attached hydrogen (secondary N) is 1. The molecule has 0 aliphatic rings. The Balaban J connectivity index is 2.69. The minimum absolute atomic E-state index is 0.0298. The molecule has 16 heavy (non-hydrogen) atoms. The second kappa shape index (κ2) is 5.32. The number of carbonyl (C=O) groups is 2. The van der Waals surface area contributed by atoms with Gasteiger partial charge in [0.05, 0.1) is 11.8 Å². The maximum atomic E-state index is 11.6. The smallest absolute Gasteiger partial charge is 0.326 e. The summed E-state index contributed by atoms with van der Waals surface area (Å²) in [6, 6.07) is 0.370. The Hall–Kier alpha value is -1.82. The molecule has 1 amide bonds. The van der Waals surface area contributed by atoms with Gasteiger partial charge in [-0.2, -0.15) is 0 Å². The first-order valence-electron chi connectivity index (χ1n) is 4.75. The summed E-state index contributed by atoms with van der Waals surface area (Å²) in [5, 5.41) is 19.7. The quantitative estimate of drug-likeness (QED) is 0.665. The molecule has 0 spiro atoms. The van der Waals surface area contributed by atoms with Gasteiger partial charge in [0.25, 0.3) is 5.91 Å². The molecule has 0 radical (unpaired) electrons. The molecule has 1 aromatic rings. The molecule has 0 aliphatic carbocycles. The standard InChI is InChI=1S/C10H13NO5/c1-6-7(3-5-16-6)9(13)11-8(2-4-12)10(14)15/h3,5,8,12H,2,4H2,1H3,(H,11,13)(H,14,15)/t8-/m1/s1. The lowest BCUT2D eigenvalue weighted by Crippen LogP contribution is -2.41. The van der Waals surface area contributed by atoms with Gasteiger partial charge in [0.15, 0.2) is 0 Å². The van der Waals surface area contributed by atoms with Gasteiger partial charge < -0.3 is 19.9 Å². The number of carboxylic acid groups (broad SMARTS) is 1. The number of hydrogen-bond donors (Lipinski definition) is 3. The van der Waals surface area contributed by atoms with Crippen LogP contribution in [-0.4, -0.2) is 34.7 Å². The monoisotopic (exact) mass is 227 g/mol. The van der Waals surface area contributed by atoms with Crippen LogP contribution in [0, 0.1) is 6.92 Å². The maximum absolute atomic E-state index is 11.6. The number of aryl methyl sites for hydroxylation is 1. The lowest BCUT2D eigenvalue weighted by atomic mass is 10.2. The molecule has 1 aromatic heterocycles. The highest BCUT2D eigenvalue weighted by atomic mass is 16.4. The van der Waals surface area contributed by atoms with Crippen LogP contribution in [0.3, 0.4) is 0 Å². The number of aliphatic hydroxyl groups excluding tert-OH is 1. The Morgan fingerprint density at radius 2 is 2.25 bits per heavy atom. The second-order valence-electron chi connectivity index (χ2n) is 3.27. The third kappa shape index (κ3) is 2.83. The minimum atomic E-state index is -1.18. The van der Waals surface area contributed by atoms with E-state index in [1.807, 2.05) is 0 Å². The molecule has 6 heteroatoms. The van der Waals surface area contributed by atoms with Crippen LogP contribution in [0.2, 0.25) is 0 Å². The van der Waals surface area contributed by atoms with E-state index >= 15 is 0 Å². The Morgan fingerprint density at radius 3 is 2.69 bits per heavy atom. The molecule has 1 rings (SSSR count). The lowest BCUT2D eigenvalue weighted by molar-refractivity contribution is -0.139. The normalized spacial score (nSPS) is 12.1. The van der Waals surface area contributed by atoms with Crippen molar-refractivity contribution in [2.24, 2.45) is 0 Å². The van der Waals surface area contributed by atoms with E-state index in [0.717, 1.165) is 0 Å². The summed E-state index contributed by atoms with van der Waals surface area (Å²) >= 11 is 0. The van der Waals surface area contributed by atoms with E-state index in [2.05, 4.69) is 5.32 Å². The lowest BCUT2D eigenvalue weighted by Gasteiger charge is -2.12. The van der Waals surface area contributed by atoms with Gasteiger partial charge in [-0.15, -0.1) is 0 Å². The van der Waals surface area contributed by atoms with Crippen LogP contribution in [0.4, 0.5) is 0 Å². The van der Waals surface area contributed by atoms with Gasteiger partial charge >= 0.3 is 5.97 Å². The van der Waals surface area contributed by atoms with Crippen LogP contribution in [0.5, 0.6) is 0 Å². The molecule has 0 saturated carbocycles.